The molecule has 10 rings (SSSR count). The number of aromatic nitrogens is 3. The first-order chi connectivity index (χ1) is 29.5. The molecule has 0 unspecified atom stereocenters. The van der Waals surface area contributed by atoms with Gasteiger partial charge in [-0.25, -0.2) is 37.3 Å². The summed E-state index contributed by atoms with van der Waals surface area (Å²) in [5.74, 6) is -0.0552. The van der Waals surface area contributed by atoms with Gasteiger partial charge in [0, 0.05) is 85.1 Å². The van der Waals surface area contributed by atoms with Gasteiger partial charge in [-0.1, -0.05) is 48.5 Å². The number of benzene rings is 4. The first-order valence-corrected chi connectivity index (χ1v) is 20.8. The van der Waals surface area contributed by atoms with E-state index in [1.807, 2.05) is 103 Å². The molecule has 0 spiro atoms. The van der Waals surface area contributed by atoms with Crippen molar-refractivity contribution in [1.82, 2.24) is 0 Å². The number of para-hydroxylation sites is 4. The van der Waals surface area contributed by atoms with Crippen LogP contribution in [0.15, 0.2) is 176 Å². The molecule has 63 heavy (non-hydrogen) atoms. The Hall–Kier alpha value is -6.57. The molecule has 6 aromatic heterocycles. The van der Waals surface area contributed by atoms with Crippen LogP contribution in [0.5, 0.6) is 0 Å². The van der Waals surface area contributed by atoms with Crippen LogP contribution in [0.4, 0.5) is 17.1 Å². The molecule has 0 aliphatic rings. The summed E-state index contributed by atoms with van der Waals surface area (Å²) >= 11 is 0. The van der Waals surface area contributed by atoms with E-state index >= 15 is 0 Å². The zero-order chi connectivity index (χ0) is 44.6. The minimum atomic E-state index is -4.94. The van der Waals surface area contributed by atoms with Gasteiger partial charge in [0.2, 0.25) is 44.5 Å². The van der Waals surface area contributed by atoms with Gasteiger partial charge in [-0.05, 0) is 42.5 Å². The van der Waals surface area contributed by atoms with Crippen LogP contribution in [0, 0.1) is 20.5 Å². The summed E-state index contributed by atoms with van der Waals surface area (Å²) in [6.07, 6.45) is 4.08. The standard InChI is InChI=1S/C17H12N2.C15H12N2O.C13H10N2.2ClHO4.ClH/c18-15-11-13-10-9-12-5-1-3-7-16(12)19(13)17-8-4-2-6-14(15)17;1-11(18)16-14-10-12-6-4-5-9-17(12)15-8-3-2-7-13(14)15;14-12-9-10-5-3-4-8-15(10)13-7-2-1-6-11(12)13;2*2-1(3,4)5;/h1-11,18H;2-10H,1H3;1-9,14H;2*(H,2,3,4,5);1H. The van der Waals surface area contributed by atoms with Gasteiger partial charge in [0.05, 0.1) is 33.2 Å². The van der Waals surface area contributed by atoms with Gasteiger partial charge in [0.15, 0.2) is 12.4 Å². The molecule has 4 aromatic carbocycles. The fourth-order valence-electron chi connectivity index (χ4n) is 6.93. The Bertz CT molecular complexity index is 3180. The molecule has 0 atom stereocenters. The first-order valence-electron chi connectivity index (χ1n) is 18.4. The summed E-state index contributed by atoms with van der Waals surface area (Å²) in [6.45, 7) is 1.52. The van der Waals surface area contributed by atoms with Crippen molar-refractivity contribution in [3.8, 4) is 0 Å². The molecule has 0 saturated carbocycles. The molecule has 0 aliphatic heterocycles. The molecule has 0 saturated heterocycles. The zero-order valence-electron chi connectivity index (χ0n) is 33.0. The number of carbonyl (C=O) groups is 1. The summed E-state index contributed by atoms with van der Waals surface area (Å²) in [6, 6.07) is 55.3. The third-order valence-electron chi connectivity index (χ3n) is 9.25. The fourth-order valence-corrected chi connectivity index (χ4v) is 6.93. The summed E-state index contributed by atoms with van der Waals surface area (Å²) in [5.41, 5.74) is 22.5. The first kappa shape index (κ1) is 47.5. The second-order valence-corrected chi connectivity index (χ2v) is 14.9. The molecule has 0 radical (unpaired) electrons. The Balaban J connectivity index is 0.000000160. The molecule has 0 bridgehead atoms. The molecule has 6 heterocycles. The summed E-state index contributed by atoms with van der Waals surface area (Å²) in [4.78, 5) is 11.3. The number of halogens is 3. The number of nitrogen functional groups attached to an aromatic ring is 2. The Morgan fingerprint density at radius 2 is 0.873 bits per heavy atom. The van der Waals surface area contributed by atoms with E-state index in [1.54, 1.807) is 0 Å². The molecule has 1 amide bonds. The number of hydrogen-bond acceptors (Lipinski definition) is 11. The van der Waals surface area contributed by atoms with E-state index in [1.165, 1.54) is 17.8 Å². The lowest BCUT2D eigenvalue weighted by atomic mass is 10.1. The molecule has 322 valence electrons. The molecule has 5 N–H and O–H groups in total. The number of nitrogens with zero attached hydrogens (tertiary/aromatic N) is 3. The second-order valence-electron chi connectivity index (χ2n) is 13.4. The molecule has 15 nitrogen and oxygen atoms in total. The topological polar surface area (TPSA) is 278 Å². The van der Waals surface area contributed by atoms with Crippen LogP contribution in [0.2, 0.25) is 0 Å². The monoisotopic (exact) mass is 910 g/mol. The van der Waals surface area contributed by atoms with E-state index in [0.29, 0.717) is 0 Å². The maximum absolute atomic E-state index is 11.3. The van der Waals surface area contributed by atoms with E-state index in [9.17, 15) is 4.79 Å². The van der Waals surface area contributed by atoms with Crippen molar-refractivity contribution >= 4 is 83.1 Å². The Morgan fingerprint density at radius 3 is 1.41 bits per heavy atom. The number of hydrogen-bond donors (Lipinski definition) is 3. The van der Waals surface area contributed by atoms with Gasteiger partial charge in [0.25, 0.3) is 0 Å². The van der Waals surface area contributed by atoms with Gasteiger partial charge in [0.1, 0.15) is 0 Å². The second kappa shape index (κ2) is 20.5. The summed E-state index contributed by atoms with van der Waals surface area (Å²) in [7, 11) is -9.89. The highest BCUT2D eigenvalue weighted by Gasteiger charge is 2.16. The van der Waals surface area contributed by atoms with Crippen LogP contribution in [0.25, 0.3) is 60.2 Å². The lowest BCUT2D eigenvalue weighted by Gasteiger charge is -2.17. The quantitative estimate of drug-likeness (QED) is 0.104. The smallest absolute Gasteiger partial charge is 0.221 e. The van der Waals surface area contributed by atoms with E-state index in [4.69, 9.17) is 48.7 Å². The minimum Gasteiger partial charge on any atom is -1.00 e. The van der Waals surface area contributed by atoms with E-state index in [-0.39, 0.29) is 18.3 Å². The Kier molecular flexibility index (Phi) is 15.5. The van der Waals surface area contributed by atoms with Crippen LogP contribution in [-0.4, -0.2) is 5.91 Å². The van der Waals surface area contributed by atoms with Gasteiger partial charge >= 0.3 is 0 Å². The lowest BCUT2D eigenvalue weighted by Crippen LogP contribution is -3.00. The van der Waals surface area contributed by atoms with Crippen LogP contribution in [-0.2, 0) is 4.79 Å². The predicted octanol–water partition coefficient (Wildman–Crippen LogP) is -4.50. The van der Waals surface area contributed by atoms with Crippen LogP contribution in [0.3, 0.4) is 0 Å². The average molecular weight is 912 g/mol. The van der Waals surface area contributed by atoms with Crippen molar-refractivity contribution in [3.05, 3.63) is 176 Å². The Labute approximate surface area is 369 Å². The van der Waals surface area contributed by atoms with Crippen molar-refractivity contribution in [1.29, 1.82) is 0 Å². The minimum absolute atomic E-state index is 0. The van der Waals surface area contributed by atoms with Crippen molar-refractivity contribution in [3.63, 3.8) is 0 Å². The number of anilines is 3. The van der Waals surface area contributed by atoms with E-state index in [2.05, 4.69) is 91.4 Å². The van der Waals surface area contributed by atoms with Crippen molar-refractivity contribution in [2.24, 2.45) is 0 Å². The zero-order valence-corrected chi connectivity index (χ0v) is 35.3. The van der Waals surface area contributed by atoms with Crippen LogP contribution >= 0.6 is 0 Å². The number of nitrogens with one attached hydrogen (secondary N) is 1. The fraction of sp³-hybridized carbons (Fsp3) is 0.0222. The Morgan fingerprint density at radius 1 is 0.476 bits per heavy atom. The number of nitrogens with two attached hydrogens (primary N) is 2. The summed E-state index contributed by atoms with van der Waals surface area (Å²) < 4.78 is 74.5. The molecule has 0 fully saturated rings. The highest BCUT2D eigenvalue weighted by atomic mass is 35.7. The molecule has 18 heteroatoms. The largest absolute Gasteiger partial charge is 1.00 e. The number of amides is 1. The van der Waals surface area contributed by atoms with Gasteiger partial charge in [-0.3, -0.25) is 4.79 Å². The number of pyridine rings is 6. The molecular weight excluding hydrogens is 875 g/mol. The SMILES string of the molecule is CC(=O)Nc1cc2cccc[n+]2c2ccccc12.Nc1cc2ccc3ccccc3[n+]2c2ccccc12.Nc1cc2cccc[n+]2c2ccccc12.[Cl-].[O-][Cl+3]([O-])([O-])[O-].[O-][Cl+3]([O-])([O-])[O-]. The summed E-state index contributed by atoms with van der Waals surface area (Å²) in [5, 5.41) is 7.35. The maximum atomic E-state index is 11.3. The number of fused-ring (bicyclic) bond motifs is 11. The molecular formula is C45H37Cl3N6O9. The van der Waals surface area contributed by atoms with Crippen LogP contribution < -0.4 is 79.7 Å². The van der Waals surface area contributed by atoms with Crippen molar-refractivity contribution < 1.29 is 88.2 Å². The highest BCUT2D eigenvalue weighted by Crippen LogP contribution is 2.24. The maximum Gasteiger partial charge on any atom is 0.221 e. The highest BCUT2D eigenvalue weighted by molar-refractivity contribution is 6.00. The average Bonchev–Trinajstić information content (AvgIpc) is 3.23. The molecule has 0 aliphatic carbocycles. The third kappa shape index (κ3) is 12.5. The molecule has 10 aromatic rings. The van der Waals surface area contributed by atoms with Crippen LogP contribution in [0.1, 0.15) is 6.92 Å². The van der Waals surface area contributed by atoms with Gasteiger partial charge in [-0.15, -0.1) is 20.5 Å². The van der Waals surface area contributed by atoms with Gasteiger partial charge in [-0.2, -0.15) is 13.2 Å². The normalized spacial score (nSPS) is 11.0. The third-order valence-corrected chi connectivity index (χ3v) is 9.25. The number of carbonyl (C=O) groups excluding carboxylic acids is 1. The van der Waals surface area contributed by atoms with Gasteiger partial charge < -0.3 is 29.2 Å². The van der Waals surface area contributed by atoms with E-state index < -0.39 is 20.5 Å². The van der Waals surface area contributed by atoms with E-state index in [0.717, 1.165) is 66.3 Å². The van der Waals surface area contributed by atoms with Crippen molar-refractivity contribution in [2.75, 3.05) is 16.8 Å². The lowest BCUT2D eigenvalue weighted by molar-refractivity contribution is -2.00. The van der Waals surface area contributed by atoms with Crippen molar-refractivity contribution in [2.45, 2.75) is 6.92 Å². The number of rotatable bonds is 1. The predicted molar refractivity (Wildman–Crippen MR) is 212 cm³/mol.